The van der Waals surface area contributed by atoms with Crippen molar-refractivity contribution in [3.8, 4) is 0 Å². The lowest BCUT2D eigenvalue weighted by molar-refractivity contribution is 0.255. The number of hydrogen-bond acceptors (Lipinski definition) is 4. The number of aromatic nitrogens is 1. The average molecular weight is 267 g/mol. The summed E-state index contributed by atoms with van der Waals surface area (Å²) in [7, 11) is 0. The van der Waals surface area contributed by atoms with Gasteiger partial charge in [0.1, 0.15) is 0 Å². The van der Waals surface area contributed by atoms with Gasteiger partial charge in [-0.25, -0.2) is 4.98 Å². The van der Waals surface area contributed by atoms with Gasteiger partial charge in [-0.3, -0.25) is 4.90 Å². The lowest BCUT2D eigenvalue weighted by Crippen LogP contribution is -2.38. The molecule has 0 aromatic carbocycles. The van der Waals surface area contributed by atoms with Gasteiger partial charge in [-0.2, -0.15) is 0 Å². The van der Waals surface area contributed by atoms with Crippen molar-refractivity contribution in [2.75, 3.05) is 19.6 Å². The van der Waals surface area contributed by atoms with E-state index >= 15 is 0 Å². The molecule has 1 aromatic rings. The molecule has 1 saturated heterocycles. The minimum absolute atomic E-state index is 0.426. The van der Waals surface area contributed by atoms with Crippen LogP contribution in [-0.4, -0.2) is 35.6 Å². The molecule has 102 valence electrons. The molecule has 0 radical (unpaired) electrons. The minimum atomic E-state index is 0.426. The molecule has 1 aromatic heterocycles. The fourth-order valence-corrected chi connectivity index (χ4v) is 3.85. The molecule has 18 heavy (non-hydrogen) atoms. The molecule has 3 nitrogen and oxygen atoms in total. The molecule has 1 N–H and O–H groups in total. The molecule has 0 aliphatic carbocycles. The number of aryl methyl sites for hydroxylation is 2. The summed E-state index contributed by atoms with van der Waals surface area (Å²) in [6.07, 6.45) is 2.70. The van der Waals surface area contributed by atoms with Crippen LogP contribution in [0, 0.1) is 13.8 Å². The second-order valence-electron chi connectivity index (χ2n) is 5.24. The van der Waals surface area contributed by atoms with Crippen molar-refractivity contribution >= 4 is 11.3 Å². The van der Waals surface area contributed by atoms with Crippen molar-refractivity contribution in [2.24, 2.45) is 0 Å². The Balaban J connectivity index is 1.88. The topological polar surface area (TPSA) is 28.2 Å². The first-order valence-corrected chi connectivity index (χ1v) is 7.84. The number of likely N-dealkylation sites (tertiary alicyclic amines) is 1. The first-order valence-electron chi connectivity index (χ1n) is 7.03. The summed E-state index contributed by atoms with van der Waals surface area (Å²) >= 11 is 1.82. The van der Waals surface area contributed by atoms with Crippen molar-refractivity contribution in [3.63, 3.8) is 0 Å². The molecule has 4 heteroatoms. The maximum atomic E-state index is 4.51. The van der Waals surface area contributed by atoms with Crippen molar-refractivity contribution in [1.82, 2.24) is 15.2 Å². The second kappa shape index (κ2) is 6.13. The van der Waals surface area contributed by atoms with E-state index in [-0.39, 0.29) is 0 Å². The summed E-state index contributed by atoms with van der Waals surface area (Å²) in [5, 5.41) is 4.86. The number of likely N-dealkylation sites (N-methyl/N-ethyl adjacent to an activating group) is 1. The molecule has 0 bridgehead atoms. The summed E-state index contributed by atoms with van der Waals surface area (Å²) in [4.78, 5) is 8.50. The molecule has 0 saturated carbocycles. The van der Waals surface area contributed by atoms with E-state index in [0.29, 0.717) is 6.04 Å². The van der Waals surface area contributed by atoms with Crippen LogP contribution in [0.2, 0.25) is 0 Å². The van der Waals surface area contributed by atoms with Crippen molar-refractivity contribution < 1.29 is 0 Å². The zero-order chi connectivity index (χ0) is 13.1. The quantitative estimate of drug-likeness (QED) is 0.889. The highest BCUT2D eigenvalue weighted by molar-refractivity contribution is 7.11. The van der Waals surface area contributed by atoms with Crippen molar-refractivity contribution in [2.45, 2.75) is 52.6 Å². The maximum Gasteiger partial charge on any atom is 0.0900 e. The maximum absolute atomic E-state index is 4.51. The first-order chi connectivity index (χ1) is 8.61. The Hall–Kier alpha value is -0.450. The zero-order valence-electron chi connectivity index (χ0n) is 12.0. The Bertz CT molecular complexity index is 388. The van der Waals surface area contributed by atoms with Gasteiger partial charge in [-0.05, 0) is 46.7 Å². The Morgan fingerprint density at radius 1 is 1.50 bits per heavy atom. The number of hydrogen-bond donors (Lipinski definition) is 1. The monoisotopic (exact) mass is 267 g/mol. The van der Waals surface area contributed by atoms with Gasteiger partial charge in [0.2, 0.25) is 0 Å². The summed E-state index contributed by atoms with van der Waals surface area (Å²) < 4.78 is 0. The Morgan fingerprint density at radius 3 is 2.89 bits per heavy atom. The lowest BCUT2D eigenvalue weighted by Gasteiger charge is -2.24. The molecule has 1 aliphatic rings. The molecule has 2 atom stereocenters. The third kappa shape index (κ3) is 3.11. The SMILES string of the molecule is CCN1CCCC1CNC(C)c1sc(C)nc1C. The Kier molecular flexibility index (Phi) is 4.76. The minimum Gasteiger partial charge on any atom is -0.308 e. The average Bonchev–Trinajstić information content (AvgIpc) is 2.92. The third-order valence-electron chi connectivity index (χ3n) is 3.90. The van der Waals surface area contributed by atoms with Crippen molar-refractivity contribution in [1.29, 1.82) is 0 Å². The van der Waals surface area contributed by atoms with E-state index in [2.05, 4.69) is 42.9 Å². The first kappa shape index (κ1) is 14.0. The number of nitrogens with zero attached hydrogens (tertiary/aromatic N) is 2. The Morgan fingerprint density at radius 2 is 2.28 bits per heavy atom. The third-order valence-corrected chi connectivity index (χ3v) is 5.15. The normalized spacial score (nSPS) is 22.6. The molecule has 1 aliphatic heterocycles. The molecular weight excluding hydrogens is 242 g/mol. The molecule has 0 spiro atoms. The van der Waals surface area contributed by atoms with E-state index in [9.17, 15) is 0 Å². The van der Waals surface area contributed by atoms with Crippen LogP contribution < -0.4 is 5.32 Å². The highest BCUT2D eigenvalue weighted by atomic mass is 32.1. The molecule has 2 heterocycles. The molecular formula is C14H25N3S. The largest absolute Gasteiger partial charge is 0.308 e. The van der Waals surface area contributed by atoms with Crippen LogP contribution >= 0.6 is 11.3 Å². The standard InChI is InChI=1S/C14H25N3S/c1-5-17-8-6-7-13(17)9-15-10(2)14-11(3)16-12(4)18-14/h10,13,15H,5-9H2,1-4H3. The Labute approximate surface area is 115 Å². The fourth-order valence-electron chi connectivity index (χ4n) is 2.90. The van der Waals surface area contributed by atoms with Gasteiger partial charge < -0.3 is 5.32 Å². The molecule has 2 rings (SSSR count). The van der Waals surface area contributed by atoms with Gasteiger partial charge in [-0.1, -0.05) is 6.92 Å². The lowest BCUT2D eigenvalue weighted by atomic mass is 10.2. The van der Waals surface area contributed by atoms with Gasteiger partial charge >= 0.3 is 0 Å². The van der Waals surface area contributed by atoms with Gasteiger partial charge in [-0.15, -0.1) is 11.3 Å². The van der Waals surface area contributed by atoms with Crippen LogP contribution in [0.1, 0.15) is 48.3 Å². The summed E-state index contributed by atoms with van der Waals surface area (Å²) in [5.74, 6) is 0. The summed E-state index contributed by atoms with van der Waals surface area (Å²) in [5.41, 5.74) is 1.19. The molecule has 0 amide bonds. The number of rotatable bonds is 5. The number of thiazole rings is 1. The molecule has 2 unspecified atom stereocenters. The van der Waals surface area contributed by atoms with E-state index in [1.54, 1.807) is 0 Å². The smallest absolute Gasteiger partial charge is 0.0900 e. The summed E-state index contributed by atoms with van der Waals surface area (Å²) in [6, 6.07) is 1.15. The predicted molar refractivity (Wildman–Crippen MR) is 78.3 cm³/mol. The molecule has 1 fully saturated rings. The highest BCUT2D eigenvalue weighted by Gasteiger charge is 2.23. The van der Waals surface area contributed by atoms with Crippen LogP contribution in [0.5, 0.6) is 0 Å². The number of nitrogens with one attached hydrogen (secondary N) is 1. The van der Waals surface area contributed by atoms with Crippen LogP contribution in [0.4, 0.5) is 0 Å². The van der Waals surface area contributed by atoms with E-state index in [0.717, 1.165) is 12.6 Å². The van der Waals surface area contributed by atoms with Crippen LogP contribution in [0.25, 0.3) is 0 Å². The highest BCUT2D eigenvalue weighted by Crippen LogP contribution is 2.25. The van der Waals surface area contributed by atoms with Crippen LogP contribution in [0.15, 0.2) is 0 Å². The van der Waals surface area contributed by atoms with E-state index in [1.165, 1.54) is 41.5 Å². The van der Waals surface area contributed by atoms with Gasteiger partial charge in [0.15, 0.2) is 0 Å². The van der Waals surface area contributed by atoms with Crippen molar-refractivity contribution in [3.05, 3.63) is 15.6 Å². The van der Waals surface area contributed by atoms with Crippen LogP contribution in [-0.2, 0) is 0 Å². The summed E-state index contributed by atoms with van der Waals surface area (Å²) in [6.45, 7) is 12.3. The zero-order valence-corrected chi connectivity index (χ0v) is 12.8. The van der Waals surface area contributed by atoms with Gasteiger partial charge in [0.05, 0.1) is 10.7 Å². The fraction of sp³-hybridized carbons (Fsp3) is 0.786. The second-order valence-corrected chi connectivity index (χ2v) is 6.47. The van der Waals surface area contributed by atoms with Crippen LogP contribution in [0.3, 0.4) is 0 Å². The van der Waals surface area contributed by atoms with Gasteiger partial charge in [0, 0.05) is 23.5 Å². The van der Waals surface area contributed by atoms with E-state index in [1.807, 2.05) is 11.3 Å². The predicted octanol–water partition coefficient (Wildman–Crippen LogP) is 2.89. The van der Waals surface area contributed by atoms with E-state index in [4.69, 9.17) is 0 Å². The van der Waals surface area contributed by atoms with Gasteiger partial charge in [0.25, 0.3) is 0 Å². The van der Waals surface area contributed by atoms with E-state index < -0.39 is 0 Å².